The van der Waals surface area contributed by atoms with Gasteiger partial charge in [-0.15, -0.1) is 0 Å². The van der Waals surface area contributed by atoms with Gasteiger partial charge in [0, 0.05) is 12.6 Å². The summed E-state index contributed by atoms with van der Waals surface area (Å²) >= 11 is 0. The van der Waals surface area contributed by atoms with Crippen molar-refractivity contribution in [3.63, 3.8) is 0 Å². The van der Waals surface area contributed by atoms with Gasteiger partial charge in [-0.05, 0) is 45.0 Å². The highest BCUT2D eigenvalue weighted by molar-refractivity contribution is 7.89. The average molecular weight is 286 g/mol. The second kappa shape index (κ2) is 6.36. The van der Waals surface area contributed by atoms with E-state index in [0.29, 0.717) is 12.3 Å². The molecule has 0 spiro atoms. The zero-order valence-electron chi connectivity index (χ0n) is 12.1. The molecule has 0 saturated carbocycles. The average Bonchev–Trinajstić information content (AvgIpc) is 2.35. The maximum atomic E-state index is 12.3. The summed E-state index contributed by atoms with van der Waals surface area (Å²) in [6.45, 7) is 5.93. The molecule has 0 fully saturated rings. The van der Waals surface area contributed by atoms with Crippen LogP contribution in [0.25, 0.3) is 0 Å². The number of ether oxygens (including phenoxy) is 1. The molecular weight excluding hydrogens is 264 g/mol. The second-order valence-electron chi connectivity index (χ2n) is 4.65. The minimum Gasteiger partial charge on any atom is -0.495 e. The summed E-state index contributed by atoms with van der Waals surface area (Å²) in [5.41, 5.74) is 1.70. The monoisotopic (exact) mass is 286 g/mol. The molecular formula is C13H22N2O3S. The van der Waals surface area contributed by atoms with Crippen molar-refractivity contribution in [1.82, 2.24) is 10.0 Å². The Labute approximate surface area is 115 Å². The lowest BCUT2D eigenvalue weighted by molar-refractivity contribution is 0.399. The van der Waals surface area contributed by atoms with Gasteiger partial charge in [-0.3, -0.25) is 0 Å². The summed E-state index contributed by atoms with van der Waals surface area (Å²) in [5.74, 6) is 0.398. The van der Waals surface area contributed by atoms with E-state index in [4.69, 9.17) is 4.74 Å². The van der Waals surface area contributed by atoms with Crippen molar-refractivity contribution in [2.45, 2.75) is 31.7 Å². The number of methoxy groups -OCH3 is 1. The predicted molar refractivity (Wildman–Crippen MR) is 76.2 cm³/mol. The fourth-order valence-electron chi connectivity index (χ4n) is 1.79. The third-order valence-corrected chi connectivity index (χ3v) is 4.38. The molecule has 0 heterocycles. The van der Waals surface area contributed by atoms with Crippen LogP contribution in [0.1, 0.15) is 18.1 Å². The van der Waals surface area contributed by atoms with Gasteiger partial charge < -0.3 is 10.1 Å². The summed E-state index contributed by atoms with van der Waals surface area (Å²) in [6, 6.07) is 3.58. The molecule has 1 rings (SSSR count). The van der Waals surface area contributed by atoms with E-state index in [2.05, 4.69) is 10.0 Å². The van der Waals surface area contributed by atoms with Gasteiger partial charge in [0.05, 0.1) is 7.11 Å². The zero-order valence-corrected chi connectivity index (χ0v) is 12.9. The highest BCUT2D eigenvalue weighted by Crippen LogP contribution is 2.28. The van der Waals surface area contributed by atoms with Crippen LogP contribution >= 0.6 is 0 Å². The molecule has 0 aliphatic carbocycles. The van der Waals surface area contributed by atoms with E-state index in [9.17, 15) is 8.42 Å². The number of likely N-dealkylation sites (N-methyl/N-ethyl adjacent to an activating group) is 1. The molecule has 5 nitrogen and oxygen atoms in total. The van der Waals surface area contributed by atoms with E-state index in [1.54, 1.807) is 13.1 Å². The van der Waals surface area contributed by atoms with Crippen LogP contribution in [0.2, 0.25) is 0 Å². The second-order valence-corrected chi connectivity index (χ2v) is 6.39. The lowest BCUT2D eigenvalue weighted by Crippen LogP contribution is -2.37. The molecule has 6 heteroatoms. The molecule has 0 aromatic heterocycles. The van der Waals surface area contributed by atoms with Crippen molar-refractivity contribution >= 4 is 10.0 Å². The molecule has 19 heavy (non-hydrogen) atoms. The Kier molecular flexibility index (Phi) is 5.34. The summed E-state index contributed by atoms with van der Waals surface area (Å²) < 4.78 is 32.4. The molecule has 1 unspecified atom stereocenters. The van der Waals surface area contributed by atoms with Crippen LogP contribution in [0.3, 0.4) is 0 Å². The first kappa shape index (κ1) is 15.9. The van der Waals surface area contributed by atoms with Gasteiger partial charge >= 0.3 is 0 Å². The minimum atomic E-state index is -3.57. The van der Waals surface area contributed by atoms with Crippen LogP contribution < -0.4 is 14.8 Å². The lowest BCUT2D eigenvalue weighted by Gasteiger charge is -2.16. The van der Waals surface area contributed by atoms with Gasteiger partial charge in [-0.1, -0.05) is 6.07 Å². The van der Waals surface area contributed by atoms with Gasteiger partial charge in [0.2, 0.25) is 10.0 Å². The van der Waals surface area contributed by atoms with Crippen LogP contribution in [0.15, 0.2) is 17.0 Å². The van der Waals surface area contributed by atoms with E-state index >= 15 is 0 Å². The van der Waals surface area contributed by atoms with Gasteiger partial charge in [0.1, 0.15) is 10.6 Å². The molecule has 0 saturated heterocycles. The van der Waals surface area contributed by atoms with Crippen LogP contribution in [-0.4, -0.2) is 35.2 Å². The highest BCUT2D eigenvalue weighted by atomic mass is 32.2. The number of nitrogens with one attached hydrogen (secondary N) is 2. The molecule has 0 aliphatic heterocycles. The molecule has 0 radical (unpaired) electrons. The van der Waals surface area contributed by atoms with E-state index in [1.165, 1.54) is 7.11 Å². The molecule has 1 atom stereocenters. The zero-order chi connectivity index (χ0) is 14.6. The fraction of sp³-hybridized carbons (Fsp3) is 0.538. The molecule has 0 aliphatic rings. The van der Waals surface area contributed by atoms with E-state index < -0.39 is 10.0 Å². The normalized spacial score (nSPS) is 13.3. The first-order chi connectivity index (χ1) is 8.81. The Morgan fingerprint density at radius 3 is 2.47 bits per heavy atom. The van der Waals surface area contributed by atoms with Crippen LogP contribution in [0.5, 0.6) is 5.75 Å². The largest absolute Gasteiger partial charge is 0.495 e. The standard InChI is InChI=1S/C13H22N2O3S/c1-9-6-10(2)13(18-5)12(7-9)19(16,17)15-8-11(3)14-4/h6-7,11,14-15H,8H2,1-5H3. The topological polar surface area (TPSA) is 67.4 Å². The molecule has 0 bridgehead atoms. The van der Waals surface area contributed by atoms with Gasteiger partial charge in [0.15, 0.2) is 0 Å². The lowest BCUT2D eigenvalue weighted by atomic mass is 10.1. The van der Waals surface area contributed by atoms with Crippen LogP contribution in [0.4, 0.5) is 0 Å². The van der Waals surface area contributed by atoms with Crippen molar-refractivity contribution in [2.75, 3.05) is 20.7 Å². The minimum absolute atomic E-state index is 0.0617. The number of hydrogen-bond donors (Lipinski definition) is 2. The summed E-state index contributed by atoms with van der Waals surface area (Å²) in [6.07, 6.45) is 0. The number of benzene rings is 1. The van der Waals surface area contributed by atoms with Crippen molar-refractivity contribution < 1.29 is 13.2 Å². The Bertz CT molecular complexity index is 541. The van der Waals surface area contributed by atoms with E-state index in [0.717, 1.165) is 11.1 Å². The predicted octanol–water partition coefficient (Wildman–Crippen LogP) is 1.20. The molecule has 1 aromatic carbocycles. The van der Waals surface area contributed by atoms with Crippen molar-refractivity contribution in [1.29, 1.82) is 0 Å². The SMILES string of the molecule is CNC(C)CNS(=O)(=O)c1cc(C)cc(C)c1OC. The molecule has 108 valence electrons. The van der Waals surface area contributed by atoms with E-state index in [1.807, 2.05) is 26.8 Å². The number of aryl methyl sites for hydroxylation is 2. The summed E-state index contributed by atoms with van der Waals surface area (Å²) in [5, 5.41) is 2.98. The Balaban J connectivity index is 3.14. The Morgan fingerprint density at radius 2 is 1.95 bits per heavy atom. The van der Waals surface area contributed by atoms with Gasteiger partial charge in [0.25, 0.3) is 0 Å². The Morgan fingerprint density at radius 1 is 1.32 bits per heavy atom. The first-order valence-corrected chi connectivity index (χ1v) is 7.62. The van der Waals surface area contributed by atoms with Crippen molar-refractivity contribution in [3.05, 3.63) is 23.3 Å². The maximum Gasteiger partial charge on any atom is 0.244 e. The quantitative estimate of drug-likeness (QED) is 0.824. The van der Waals surface area contributed by atoms with Crippen molar-refractivity contribution in [3.8, 4) is 5.75 Å². The van der Waals surface area contributed by atoms with E-state index in [-0.39, 0.29) is 10.9 Å². The number of rotatable bonds is 6. The van der Waals surface area contributed by atoms with Crippen LogP contribution in [0, 0.1) is 13.8 Å². The third kappa shape index (κ3) is 3.92. The van der Waals surface area contributed by atoms with Crippen LogP contribution in [-0.2, 0) is 10.0 Å². The summed E-state index contributed by atoms with van der Waals surface area (Å²) in [4.78, 5) is 0.191. The fourth-order valence-corrected chi connectivity index (χ4v) is 3.25. The maximum absolute atomic E-state index is 12.3. The molecule has 2 N–H and O–H groups in total. The number of hydrogen-bond acceptors (Lipinski definition) is 4. The van der Waals surface area contributed by atoms with Gasteiger partial charge in [-0.25, -0.2) is 13.1 Å². The third-order valence-electron chi connectivity index (χ3n) is 2.95. The Hall–Kier alpha value is -1.11. The number of sulfonamides is 1. The molecule has 0 amide bonds. The smallest absolute Gasteiger partial charge is 0.244 e. The molecule has 1 aromatic rings. The highest BCUT2D eigenvalue weighted by Gasteiger charge is 2.21. The van der Waals surface area contributed by atoms with Crippen molar-refractivity contribution in [2.24, 2.45) is 0 Å². The first-order valence-electron chi connectivity index (χ1n) is 6.14. The summed E-state index contributed by atoms with van der Waals surface area (Å²) in [7, 11) is -0.301. The van der Waals surface area contributed by atoms with Gasteiger partial charge in [-0.2, -0.15) is 0 Å².